The van der Waals surface area contributed by atoms with E-state index in [1.165, 1.54) is 0 Å². The number of H-pyrrole nitrogens is 1. The van der Waals surface area contributed by atoms with Gasteiger partial charge in [0.05, 0.1) is 16.7 Å². The van der Waals surface area contributed by atoms with Crippen LogP contribution in [0.2, 0.25) is 0 Å². The van der Waals surface area contributed by atoms with E-state index >= 15 is 0 Å². The SMILES string of the molecule is O=C1Nc2ccccc2C(=O)C1c1nc2ccccc2[nH]1. The number of aromatic amines is 1. The molecule has 0 spiro atoms. The highest BCUT2D eigenvalue weighted by Gasteiger charge is 2.37. The lowest BCUT2D eigenvalue weighted by Crippen LogP contribution is -2.34. The maximum absolute atomic E-state index is 12.6. The number of rotatable bonds is 1. The number of carbonyl (C=O) groups is 2. The lowest BCUT2D eigenvalue weighted by Gasteiger charge is -2.21. The lowest BCUT2D eigenvalue weighted by molar-refractivity contribution is -0.116. The Labute approximate surface area is 120 Å². The predicted octanol–water partition coefficient (Wildman–Crippen LogP) is 2.48. The zero-order valence-corrected chi connectivity index (χ0v) is 11.0. The first-order chi connectivity index (χ1) is 10.2. The Bertz CT molecular complexity index is 849. The summed E-state index contributed by atoms with van der Waals surface area (Å²) in [7, 11) is 0. The lowest BCUT2D eigenvalue weighted by atomic mass is 9.91. The maximum atomic E-state index is 12.6. The van der Waals surface area contributed by atoms with Crippen LogP contribution in [0.5, 0.6) is 0 Å². The number of benzene rings is 2. The van der Waals surface area contributed by atoms with Gasteiger partial charge in [0.2, 0.25) is 5.91 Å². The van der Waals surface area contributed by atoms with Crippen molar-refractivity contribution in [2.75, 3.05) is 5.32 Å². The van der Waals surface area contributed by atoms with Crippen LogP contribution in [-0.2, 0) is 4.79 Å². The molecule has 3 aromatic rings. The molecule has 0 radical (unpaired) electrons. The molecule has 1 aliphatic heterocycles. The minimum atomic E-state index is -0.924. The summed E-state index contributed by atoms with van der Waals surface area (Å²) >= 11 is 0. The van der Waals surface area contributed by atoms with E-state index in [2.05, 4.69) is 15.3 Å². The average Bonchev–Trinajstić information content (AvgIpc) is 2.90. The number of anilines is 1. The topological polar surface area (TPSA) is 74.8 Å². The van der Waals surface area contributed by atoms with Crippen LogP contribution in [0.1, 0.15) is 22.1 Å². The number of nitrogens with one attached hydrogen (secondary N) is 2. The number of fused-ring (bicyclic) bond motifs is 2. The summed E-state index contributed by atoms with van der Waals surface area (Å²) in [6.45, 7) is 0. The fourth-order valence-corrected chi connectivity index (χ4v) is 2.64. The van der Waals surface area contributed by atoms with Gasteiger partial charge in [0, 0.05) is 5.56 Å². The molecule has 2 aromatic carbocycles. The number of amides is 1. The van der Waals surface area contributed by atoms with Gasteiger partial charge in [-0.15, -0.1) is 0 Å². The monoisotopic (exact) mass is 277 g/mol. The number of nitrogens with zero attached hydrogens (tertiary/aromatic N) is 1. The van der Waals surface area contributed by atoms with Crippen LogP contribution in [-0.4, -0.2) is 21.7 Å². The van der Waals surface area contributed by atoms with Gasteiger partial charge in [-0.2, -0.15) is 0 Å². The molecule has 0 fully saturated rings. The van der Waals surface area contributed by atoms with Crippen LogP contribution in [0.4, 0.5) is 5.69 Å². The number of Topliss-reactive ketones (excluding diaryl/α,β-unsaturated/α-hetero) is 1. The third-order valence-corrected chi connectivity index (χ3v) is 3.66. The summed E-state index contributed by atoms with van der Waals surface area (Å²) in [5.74, 6) is -1.12. The number of aromatic nitrogens is 2. The van der Waals surface area contributed by atoms with Gasteiger partial charge in [-0.3, -0.25) is 9.59 Å². The molecular formula is C16H11N3O2. The van der Waals surface area contributed by atoms with Crippen molar-refractivity contribution in [2.45, 2.75) is 5.92 Å². The normalized spacial score (nSPS) is 17.6. The first-order valence-electron chi connectivity index (χ1n) is 6.63. The van der Waals surface area contributed by atoms with Gasteiger partial charge in [0.1, 0.15) is 5.82 Å². The van der Waals surface area contributed by atoms with Crippen molar-refractivity contribution >= 4 is 28.4 Å². The van der Waals surface area contributed by atoms with Crippen molar-refractivity contribution in [3.05, 3.63) is 59.9 Å². The Morgan fingerprint density at radius 2 is 1.71 bits per heavy atom. The molecular weight excluding hydrogens is 266 g/mol. The number of para-hydroxylation sites is 3. The van der Waals surface area contributed by atoms with E-state index in [1.807, 2.05) is 24.3 Å². The van der Waals surface area contributed by atoms with Gasteiger partial charge in [-0.1, -0.05) is 24.3 Å². The number of carbonyl (C=O) groups excluding carboxylic acids is 2. The molecule has 0 bridgehead atoms. The van der Waals surface area contributed by atoms with Crippen molar-refractivity contribution in [3.63, 3.8) is 0 Å². The molecule has 0 saturated heterocycles. The van der Waals surface area contributed by atoms with Crippen molar-refractivity contribution in [1.29, 1.82) is 0 Å². The Kier molecular flexibility index (Phi) is 2.41. The first-order valence-corrected chi connectivity index (χ1v) is 6.63. The standard InChI is InChI=1S/C16H11N3O2/c20-14-9-5-1-2-6-10(9)19-16(21)13(14)15-17-11-7-3-4-8-12(11)18-15/h1-8,13H,(H,17,18)(H,19,21). The zero-order chi connectivity index (χ0) is 14.4. The van der Waals surface area contributed by atoms with Crippen LogP contribution in [0, 0.1) is 0 Å². The van der Waals surface area contributed by atoms with Gasteiger partial charge < -0.3 is 10.3 Å². The van der Waals surface area contributed by atoms with Gasteiger partial charge in [-0.05, 0) is 24.3 Å². The molecule has 1 amide bonds. The molecule has 1 aromatic heterocycles. The highest BCUT2D eigenvalue weighted by atomic mass is 16.2. The molecule has 1 atom stereocenters. The zero-order valence-electron chi connectivity index (χ0n) is 11.0. The van der Waals surface area contributed by atoms with Crippen LogP contribution in [0.25, 0.3) is 11.0 Å². The smallest absolute Gasteiger partial charge is 0.243 e. The third kappa shape index (κ3) is 1.74. The fourth-order valence-electron chi connectivity index (χ4n) is 2.64. The van der Waals surface area contributed by atoms with Crippen molar-refractivity contribution < 1.29 is 9.59 Å². The highest BCUT2D eigenvalue weighted by Crippen LogP contribution is 2.30. The summed E-state index contributed by atoms with van der Waals surface area (Å²) in [4.78, 5) is 32.3. The summed E-state index contributed by atoms with van der Waals surface area (Å²) in [5, 5.41) is 2.76. The number of hydrogen-bond donors (Lipinski definition) is 2. The average molecular weight is 277 g/mol. The molecule has 2 N–H and O–H groups in total. The second-order valence-electron chi connectivity index (χ2n) is 4.97. The molecule has 5 nitrogen and oxygen atoms in total. The minimum absolute atomic E-state index is 0.228. The molecule has 21 heavy (non-hydrogen) atoms. The van der Waals surface area contributed by atoms with E-state index in [-0.39, 0.29) is 11.7 Å². The molecule has 0 aliphatic carbocycles. The quantitative estimate of drug-likeness (QED) is 0.671. The van der Waals surface area contributed by atoms with Crippen molar-refractivity contribution in [2.24, 2.45) is 0 Å². The molecule has 2 heterocycles. The maximum Gasteiger partial charge on any atom is 0.243 e. The van der Waals surface area contributed by atoms with Gasteiger partial charge in [0.15, 0.2) is 11.7 Å². The predicted molar refractivity (Wildman–Crippen MR) is 78.2 cm³/mol. The van der Waals surface area contributed by atoms with Crippen LogP contribution in [0.15, 0.2) is 48.5 Å². The van der Waals surface area contributed by atoms with Crippen LogP contribution in [0.3, 0.4) is 0 Å². The number of imidazole rings is 1. The molecule has 1 unspecified atom stereocenters. The van der Waals surface area contributed by atoms with E-state index in [9.17, 15) is 9.59 Å². The summed E-state index contributed by atoms with van der Waals surface area (Å²) in [6, 6.07) is 14.5. The third-order valence-electron chi connectivity index (χ3n) is 3.66. The van der Waals surface area contributed by atoms with E-state index in [4.69, 9.17) is 0 Å². The number of ketones is 1. The molecule has 1 aliphatic rings. The van der Waals surface area contributed by atoms with E-state index in [0.29, 0.717) is 17.1 Å². The van der Waals surface area contributed by atoms with Gasteiger partial charge in [0.25, 0.3) is 0 Å². The summed E-state index contributed by atoms with van der Waals surface area (Å²) in [5.41, 5.74) is 2.63. The van der Waals surface area contributed by atoms with E-state index in [0.717, 1.165) is 11.0 Å². The second-order valence-corrected chi connectivity index (χ2v) is 4.97. The minimum Gasteiger partial charge on any atom is -0.341 e. The fraction of sp³-hybridized carbons (Fsp3) is 0.0625. The summed E-state index contributed by atoms with van der Waals surface area (Å²) < 4.78 is 0. The van der Waals surface area contributed by atoms with Gasteiger partial charge >= 0.3 is 0 Å². The Morgan fingerprint density at radius 1 is 0.952 bits per heavy atom. The first kappa shape index (κ1) is 11.8. The van der Waals surface area contributed by atoms with E-state index < -0.39 is 5.92 Å². The second kappa shape index (κ2) is 4.28. The van der Waals surface area contributed by atoms with Crippen LogP contribution < -0.4 is 5.32 Å². The molecule has 4 rings (SSSR count). The van der Waals surface area contributed by atoms with E-state index in [1.54, 1.807) is 24.3 Å². The Balaban J connectivity index is 1.85. The van der Waals surface area contributed by atoms with Crippen LogP contribution >= 0.6 is 0 Å². The van der Waals surface area contributed by atoms with Crippen molar-refractivity contribution in [3.8, 4) is 0 Å². The molecule has 0 saturated carbocycles. The van der Waals surface area contributed by atoms with Crippen molar-refractivity contribution in [1.82, 2.24) is 9.97 Å². The Morgan fingerprint density at radius 3 is 2.57 bits per heavy atom. The highest BCUT2D eigenvalue weighted by molar-refractivity contribution is 6.24. The number of hydrogen-bond acceptors (Lipinski definition) is 3. The Hall–Kier alpha value is -2.95. The molecule has 5 heteroatoms. The van der Waals surface area contributed by atoms with Gasteiger partial charge in [-0.25, -0.2) is 4.98 Å². The largest absolute Gasteiger partial charge is 0.341 e. The molecule has 102 valence electrons. The summed E-state index contributed by atoms with van der Waals surface area (Å²) in [6.07, 6.45) is 0.